The summed E-state index contributed by atoms with van der Waals surface area (Å²) >= 11 is 0. The van der Waals surface area contributed by atoms with E-state index >= 15 is 0 Å². The summed E-state index contributed by atoms with van der Waals surface area (Å²) in [7, 11) is 0. The zero-order valence-corrected chi connectivity index (χ0v) is 30.3. The number of hydrogen-bond donors (Lipinski definition) is 0. The molecular formula is C45H33IrN3O-2. The molecular weight excluding hydrogens is 791 g/mol. The number of pyridine rings is 2. The molecule has 0 aliphatic carbocycles. The van der Waals surface area contributed by atoms with Gasteiger partial charge >= 0.3 is 0 Å². The van der Waals surface area contributed by atoms with Crippen LogP contribution in [0.5, 0.6) is 0 Å². The Labute approximate surface area is 306 Å². The monoisotopic (exact) mass is 824 g/mol. The van der Waals surface area contributed by atoms with Crippen molar-refractivity contribution in [3.8, 4) is 50.8 Å². The first-order chi connectivity index (χ1) is 23.9. The molecule has 0 atom stereocenters. The predicted molar refractivity (Wildman–Crippen MR) is 199 cm³/mol. The van der Waals surface area contributed by atoms with Crippen molar-refractivity contribution in [2.75, 3.05) is 0 Å². The number of nitriles is 1. The van der Waals surface area contributed by atoms with Crippen molar-refractivity contribution in [2.45, 2.75) is 26.2 Å². The summed E-state index contributed by atoms with van der Waals surface area (Å²) in [6.45, 7) is 6.58. The fourth-order valence-electron chi connectivity index (χ4n) is 5.92. The minimum atomic E-state index is 0. The SMILES string of the molecule is CC(C)(C)c1ccc(-c2[c-]cccc2)nc1.N#Cc1ccc2c(oc3c(-c4ccccn4)[c-]ccc32)c1-c1cccc(-c2ccccc2)c1.[Ir]. The second-order valence-electron chi connectivity index (χ2n) is 12.8. The number of aromatic nitrogens is 2. The van der Waals surface area contributed by atoms with Gasteiger partial charge in [0.05, 0.1) is 17.2 Å². The molecule has 0 aliphatic rings. The molecule has 50 heavy (non-hydrogen) atoms. The van der Waals surface area contributed by atoms with Gasteiger partial charge in [0.1, 0.15) is 5.58 Å². The molecule has 0 N–H and O–H groups in total. The van der Waals surface area contributed by atoms with Crippen LogP contribution in [0.2, 0.25) is 0 Å². The van der Waals surface area contributed by atoms with Crippen molar-refractivity contribution in [1.29, 1.82) is 5.26 Å². The maximum Gasteiger partial charge on any atom is 0.130 e. The average Bonchev–Trinajstić information content (AvgIpc) is 3.54. The van der Waals surface area contributed by atoms with Crippen LogP contribution in [0.3, 0.4) is 0 Å². The molecule has 0 bridgehead atoms. The van der Waals surface area contributed by atoms with Gasteiger partial charge in [0.15, 0.2) is 0 Å². The molecule has 0 spiro atoms. The van der Waals surface area contributed by atoms with Crippen molar-refractivity contribution in [2.24, 2.45) is 0 Å². The molecule has 3 heterocycles. The third-order valence-electron chi connectivity index (χ3n) is 8.52. The molecule has 0 unspecified atom stereocenters. The molecule has 4 nitrogen and oxygen atoms in total. The van der Waals surface area contributed by atoms with Crippen LogP contribution in [-0.2, 0) is 25.5 Å². The van der Waals surface area contributed by atoms with Gasteiger partial charge in [-0.25, -0.2) is 0 Å². The zero-order valence-electron chi connectivity index (χ0n) is 27.9. The Morgan fingerprint density at radius 2 is 1.40 bits per heavy atom. The Morgan fingerprint density at radius 1 is 0.640 bits per heavy atom. The number of nitrogens with zero attached hydrogens (tertiary/aromatic N) is 3. The van der Waals surface area contributed by atoms with Crippen LogP contribution in [-0.4, -0.2) is 9.97 Å². The summed E-state index contributed by atoms with van der Waals surface area (Å²) in [5.74, 6) is 0. The van der Waals surface area contributed by atoms with Crippen LogP contribution in [0.1, 0.15) is 31.9 Å². The van der Waals surface area contributed by atoms with E-state index in [1.54, 1.807) is 6.20 Å². The van der Waals surface area contributed by atoms with Gasteiger partial charge in [0, 0.05) is 43.4 Å². The van der Waals surface area contributed by atoms with Gasteiger partial charge in [-0.15, -0.1) is 54.1 Å². The van der Waals surface area contributed by atoms with E-state index in [0.717, 1.165) is 61.1 Å². The van der Waals surface area contributed by atoms with Crippen LogP contribution in [0.25, 0.3) is 66.7 Å². The minimum absolute atomic E-state index is 0. The van der Waals surface area contributed by atoms with Gasteiger partial charge in [-0.1, -0.05) is 111 Å². The van der Waals surface area contributed by atoms with E-state index in [1.807, 2.05) is 103 Å². The van der Waals surface area contributed by atoms with E-state index in [1.165, 1.54) is 5.56 Å². The Kier molecular flexibility index (Phi) is 10.2. The van der Waals surface area contributed by atoms with Crippen molar-refractivity contribution in [3.63, 3.8) is 0 Å². The minimum Gasteiger partial charge on any atom is -0.500 e. The molecule has 0 saturated carbocycles. The fraction of sp³-hybridized carbons (Fsp3) is 0.0889. The molecule has 0 aliphatic heterocycles. The van der Waals surface area contributed by atoms with Gasteiger partial charge in [-0.3, -0.25) is 0 Å². The van der Waals surface area contributed by atoms with E-state index in [9.17, 15) is 5.26 Å². The summed E-state index contributed by atoms with van der Waals surface area (Å²) in [6, 6.07) is 52.9. The van der Waals surface area contributed by atoms with Crippen LogP contribution in [0, 0.1) is 23.5 Å². The van der Waals surface area contributed by atoms with Crippen molar-refractivity contribution < 1.29 is 24.5 Å². The first-order valence-corrected chi connectivity index (χ1v) is 16.2. The van der Waals surface area contributed by atoms with Gasteiger partial charge in [-0.2, -0.15) is 5.26 Å². The van der Waals surface area contributed by atoms with Crippen LogP contribution in [0.15, 0.2) is 150 Å². The van der Waals surface area contributed by atoms with E-state index in [2.05, 4.69) is 85.3 Å². The van der Waals surface area contributed by atoms with E-state index < -0.39 is 0 Å². The maximum absolute atomic E-state index is 9.93. The molecule has 0 saturated heterocycles. The third-order valence-corrected chi connectivity index (χ3v) is 8.52. The number of benzene rings is 5. The van der Waals surface area contributed by atoms with Crippen molar-refractivity contribution in [3.05, 3.63) is 169 Å². The first-order valence-electron chi connectivity index (χ1n) is 16.2. The number of hydrogen-bond acceptors (Lipinski definition) is 4. The smallest absolute Gasteiger partial charge is 0.130 e. The molecule has 0 fully saturated rings. The summed E-state index contributed by atoms with van der Waals surface area (Å²) < 4.78 is 6.49. The molecule has 1 radical (unpaired) electrons. The standard InChI is InChI=1S/C30H17N2O.C15H16N.Ir/c31-19-23-15-16-25-24-12-7-13-26(27-14-4-5-17-32-27)29(24)33-30(25)28(23)22-11-6-10-21(18-22)20-8-2-1-3-9-20;1-15(2,3)13-9-10-14(16-11-13)12-7-5-4-6-8-12;/h1-12,14-18H;4-7,9-11H,1-3H3;/q2*-1;. The second-order valence-corrected chi connectivity index (χ2v) is 12.8. The fourth-order valence-corrected chi connectivity index (χ4v) is 5.92. The zero-order chi connectivity index (χ0) is 33.8. The quantitative estimate of drug-likeness (QED) is 0.166. The summed E-state index contributed by atoms with van der Waals surface area (Å²) in [5, 5.41) is 11.9. The van der Waals surface area contributed by atoms with E-state index in [-0.39, 0.29) is 25.5 Å². The Bertz CT molecular complexity index is 2410. The molecule has 8 aromatic rings. The number of fused-ring (bicyclic) bond motifs is 3. The first kappa shape index (κ1) is 34.2. The summed E-state index contributed by atoms with van der Waals surface area (Å²) in [4.78, 5) is 8.97. The molecule has 0 amide bonds. The van der Waals surface area contributed by atoms with Crippen molar-refractivity contribution in [1.82, 2.24) is 9.97 Å². The Balaban J connectivity index is 0.000000215. The summed E-state index contributed by atoms with van der Waals surface area (Å²) in [6.07, 6.45) is 3.72. The van der Waals surface area contributed by atoms with Gasteiger partial charge in [0.2, 0.25) is 0 Å². The van der Waals surface area contributed by atoms with E-state index in [0.29, 0.717) is 11.1 Å². The Hall–Kier alpha value is -5.66. The number of rotatable bonds is 4. The maximum atomic E-state index is 9.93. The molecule has 5 aromatic carbocycles. The normalized spacial score (nSPS) is 10.9. The third kappa shape index (κ3) is 7.05. The number of furan rings is 1. The molecule has 3 aromatic heterocycles. The van der Waals surface area contributed by atoms with Crippen LogP contribution >= 0.6 is 0 Å². The van der Waals surface area contributed by atoms with Crippen molar-refractivity contribution >= 4 is 21.9 Å². The summed E-state index contributed by atoms with van der Waals surface area (Å²) in [5.41, 5.74) is 11.0. The average molecular weight is 824 g/mol. The predicted octanol–water partition coefficient (Wildman–Crippen LogP) is 11.5. The molecule has 5 heteroatoms. The second kappa shape index (κ2) is 14.8. The topological polar surface area (TPSA) is 62.7 Å². The molecule has 245 valence electrons. The largest absolute Gasteiger partial charge is 0.500 e. The van der Waals surface area contributed by atoms with Gasteiger partial charge in [0.25, 0.3) is 0 Å². The molecule has 8 rings (SSSR count). The van der Waals surface area contributed by atoms with Gasteiger partial charge < -0.3 is 14.4 Å². The van der Waals surface area contributed by atoms with Crippen LogP contribution in [0.4, 0.5) is 0 Å². The van der Waals surface area contributed by atoms with Crippen LogP contribution < -0.4 is 0 Å². The van der Waals surface area contributed by atoms with Gasteiger partial charge in [-0.05, 0) is 57.3 Å². The van der Waals surface area contributed by atoms with E-state index in [4.69, 9.17) is 4.42 Å². The Morgan fingerprint density at radius 3 is 2.10 bits per heavy atom.